The number of benzene rings is 1. The summed E-state index contributed by atoms with van der Waals surface area (Å²) < 4.78 is 42.5. The van der Waals surface area contributed by atoms with Crippen LogP contribution in [0.5, 0.6) is 5.75 Å². The third-order valence-electron chi connectivity index (χ3n) is 6.38. The van der Waals surface area contributed by atoms with Gasteiger partial charge in [-0.2, -0.15) is 4.99 Å². The molecule has 0 radical (unpaired) electrons. The number of hydrogen-bond acceptors (Lipinski definition) is 11. The van der Waals surface area contributed by atoms with Crippen molar-refractivity contribution in [1.29, 1.82) is 0 Å². The lowest BCUT2D eigenvalue weighted by molar-refractivity contribution is -0.141. The topological polar surface area (TPSA) is 159 Å². The van der Waals surface area contributed by atoms with Crippen LogP contribution in [0.1, 0.15) is 40.1 Å². The molecule has 3 aromatic rings. The highest BCUT2D eigenvalue weighted by Gasteiger charge is 2.28. The van der Waals surface area contributed by atoms with Gasteiger partial charge in [-0.05, 0) is 49.4 Å². The lowest BCUT2D eigenvalue weighted by Gasteiger charge is -2.08. The first-order valence-electron chi connectivity index (χ1n) is 12.6. The molecule has 0 saturated heterocycles. The van der Waals surface area contributed by atoms with E-state index in [1.165, 1.54) is 37.2 Å². The van der Waals surface area contributed by atoms with E-state index in [9.17, 15) is 27.6 Å². The summed E-state index contributed by atoms with van der Waals surface area (Å²) in [4.78, 5) is 55.0. The van der Waals surface area contributed by atoms with E-state index in [0.717, 1.165) is 47.5 Å². The van der Waals surface area contributed by atoms with Gasteiger partial charge in [0.25, 0.3) is 5.91 Å². The van der Waals surface area contributed by atoms with Gasteiger partial charge in [-0.3, -0.25) is 14.4 Å². The smallest absolute Gasteiger partial charge is 0.341 e. The number of nitrogens with one attached hydrogen (secondary N) is 1. The van der Waals surface area contributed by atoms with Crippen molar-refractivity contribution < 1.29 is 41.8 Å². The third-order valence-corrected chi connectivity index (χ3v) is 10.0. The number of aromatic nitrogens is 1. The fourth-order valence-electron chi connectivity index (χ4n) is 4.50. The Balaban J connectivity index is 1.53. The maximum Gasteiger partial charge on any atom is 0.341 e. The van der Waals surface area contributed by atoms with Gasteiger partial charge in [0.15, 0.2) is 14.6 Å². The molecule has 12 nitrogen and oxygen atoms in total. The number of aryl methyl sites for hydroxylation is 1. The van der Waals surface area contributed by atoms with Crippen molar-refractivity contribution in [2.75, 3.05) is 38.2 Å². The number of thiazole rings is 1. The SMILES string of the molecule is COC(=O)Cn1c(=NC(=O)CS(=O)(=O)CC(=O)Nc2sc3c(c2C(=O)OC)CCCCC3)sc2cc(OC)ccc21. The molecule has 2 amide bonds. The molecule has 1 aliphatic carbocycles. The minimum Gasteiger partial charge on any atom is -0.497 e. The van der Waals surface area contributed by atoms with Crippen molar-refractivity contribution in [3.63, 3.8) is 0 Å². The van der Waals surface area contributed by atoms with Crippen molar-refractivity contribution in [2.24, 2.45) is 4.99 Å². The number of carbonyl (C=O) groups excluding carboxylic acids is 4. The molecule has 1 aromatic carbocycles. The van der Waals surface area contributed by atoms with Gasteiger partial charge < -0.3 is 24.1 Å². The highest BCUT2D eigenvalue weighted by molar-refractivity contribution is 7.92. The Bertz CT molecular complexity index is 1680. The number of thiophene rings is 1. The lowest BCUT2D eigenvalue weighted by Crippen LogP contribution is -2.29. The van der Waals surface area contributed by atoms with Gasteiger partial charge in [-0.1, -0.05) is 17.8 Å². The first-order chi connectivity index (χ1) is 19.5. The van der Waals surface area contributed by atoms with E-state index in [1.54, 1.807) is 18.2 Å². The maximum atomic E-state index is 12.8. The Labute approximate surface area is 243 Å². The molecule has 15 heteroatoms. The van der Waals surface area contributed by atoms with Crippen LogP contribution >= 0.6 is 22.7 Å². The van der Waals surface area contributed by atoms with E-state index >= 15 is 0 Å². The van der Waals surface area contributed by atoms with E-state index in [4.69, 9.17) is 14.2 Å². The van der Waals surface area contributed by atoms with Crippen LogP contribution < -0.4 is 14.9 Å². The van der Waals surface area contributed by atoms with Crippen molar-refractivity contribution in [2.45, 2.75) is 38.6 Å². The number of methoxy groups -OCH3 is 3. The van der Waals surface area contributed by atoms with Gasteiger partial charge in [-0.25, -0.2) is 13.2 Å². The van der Waals surface area contributed by atoms with E-state index in [0.29, 0.717) is 22.4 Å². The maximum absolute atomic E-state index is 12.8. The summed E-state index contributed by atoms with van der Waals surface area (Å²) in [5.74, 6) is -4.53. The zero-order valence-corrected chi connectivity index (χ0v) is 25.1. The molecule has 2 aromatic heterocycles. The van der Waals surface area contributed by atoms with Crippen LogP contribution in [0.3, 0.4) is 0 Å². The Kier molecular flexibility index (Phi) is 9.60. The molecule has 0 saturated carbocycles. The van der Waals surface area contributed by atoms with Gasteiger partial charge in [0.05, 0.1) is 37.1 Å². The number of esters is 2. The largest absolute Gasteiger partial charge is 0.497 e. The number of amides is 2. The quantitative estimate of drug-likeness (QED) is 0.279. The number of carbonyl (C=O) groups is 4. The minimum absolute atomic E-state index is 0.0890. The fourth-order valence-corrected chi connectivity index (χ4v) is 7.88. The van der Waals surface area contributed by atoms with Crippen molar-refractivity contribution >= 4 is 71.5 Å². The van der Waals surface area contributed by atoms with Gasteiger partial charge in [-0.15, -0.1) is 11.3 Å². The number of sulfone groups is 1. The Morgan fingerprint density at radius 1 is 1.00 bits per heavy atom. The van der Waals surface area contributed by atoms with Crippen LogP contribution in [0.15, 0.2) is 23.2 Å². The summed E-state index contributed by atoms with van der Waals surface area (Å²) in [6.07, 6.45) is 4.30. The van der Waals surface area contributed by atoms with Crippen molar-refractivity contribution in [3.05, 3.63) is 39.0 Å². The van der Waals surface area contributed by atoms with E-state index in [2.05, 4.69) is 10.3 Å². The molecule has 41 heavy (non-hydrogen) atoms. The molecule has 0 fully saturated rings. The lowest BCUT2D eigenvalue weighted by atomic mass is 10.1. The number of nitrogens with zero attached hydrogens (tertiary/aromatic N) is 2. The molecule has 1 N–H and O–H groups in total. The summed E-state index contributed by atoms with van der Waals surface area (Å²) in [5, 5.41) is 2.78. The molecule has 0 unspecified atom stereocenters. The molecule has 4 rings (SSSR count). The summed E-state index contributed by atoms with van der Waals surface area (Å²) in [7, 11) is -0.264. The molecule has 220 valence electrons. The van der Waals surface area contributed by atoms with E-state index in [-0.39, 0.29) is 21.9 Å². The highest BCUT2D eigenvalue weighted by Crippen LogP contribution is 2.38. The molecule has 2 heterocycles. The number of hydrogen-bond donors (Lipinski definition) is 1. The summed E-state index contributed by atoms with van der Waals surface area (Å²) in [6.45, 7) is -0.253. The van der Waals surface area contributed by atoms with Gasteiger partial charge in [0.1, 0.15) is 28.8 Å². The van der Waals surface area contributed by atoms with Gasteiger partial charge in [0, 0.05) is 4.88 Å². The average molecular weight is 624 g/mol. The molecular weight excluding hydrogens is 594 g/mol. The van der Waals surface area contributed by atoms with Gasteiger partial charge >= 0.3 is 11.9 Å². The second kappa shape index (κ2) is 13.0. The first kappa shape index (κ1) is 30.4. The van der Waals surface area contributed by atoms with Gasteiger partial charge in [0.2, 0.25) is 5.91 Å². The average Bonchev–Trinajstić information content (AvgIpc) is 3.32. The number of ether oxygens (including phenoxy) is 3. The predicted molar refractivity (Wildman–Crippen MR) is 153 cm³/mol. The second-order valence-electron chi connectivity index (χ2n) is 9.23. The number of anilines is 1. The summed E-state index contributed by atoms with van der Waals surface area (Å²) in [5.41, 5.74) is 1.65. The van der Waals surface area contributed by atoms with E-state index < -0.39 is 45.1 Å². The minimum atomic E-state index is -4.23. The zero-order valence-electron chi connectivity index (χ0n) is 22.7. The monoisotopic (exact) mass is 623 g/mol. The molecule has 1 aliphatic rings. The van der Waals surface area contributed by atoms with E-state index in [1.807, 2.05) is 0 Å². The molecule has 0 aliphatic heterocycles. The molecular formula is C26H29N3O9S3. The van der Waals surface area contributed by atoms with Crippen LogP contribution in [0.4, 0.5) is 5.00 Å². The number of rotatable bonds is 9. The summed E-state index contributed by atoms with van der Waals surface area (Å²) in [6, 6.07) is 5.06. The zero-order chi connectivity index (χ0) is 29.7. The van der Waals surface area contributed by atoms with Crippen LogP contribution in [0, 0.1) is 0 Å². The second-order valence-corrected chi connectivity index (χ2v) is 13.4. The molecule has 0 atom stereocenters. The Morgan fingerprint density at radius 2 is 1.76 bits per heavy atom. The van der Waals surface area contributed by atoms with Crippen LogP contribution in [0.2, 0.25) is 0 Å². The van der Waals surface area contributed by atoms with Crippen LogP contribution in [0.25, 0.3) is 10.2 Å². The normalized spacial score (nSPS) is 13.8. The van der Waals surface area contributed by atoms with Crippen LogP contribution in [-0.4, -0.2) is 69.6 Å². The highest BCUT2D eigenvalue weighted by atomic mass is 32.2. The van der Waals surface area contributed by atoms with Crippen molar-refractivity contribution in [3.8, 4) is 5.75 Å². The first-order valence-corrected chi connectivity index (χ1v) is 16.1. The standard InChI is InChI=1S/C26H29N3O9S3/c1-36-15-9-10-17-19(11-15)40-26(29(17)12-22(32)37-2)28-21(31)14-41(34,35)13-20(30)27-24-23(25(33)38-3)16-7-5-4-6-8-18(16)39-24/h9-11H,4-8,12-14H2,1-3H3,(H,27,30). The number of fused-ring (bicyclic) bond motifs is 2. The molecule has 0 spiro atoms. The van der Waals surface area contributed by atoms with Crippen molar-refractivity contribution in [1.82, 2.24) is 4.57 Å². The molecule has 0 bridgehead atoms. The Morgan fingerprint density at radius 3 is 2.46 bits per heavy atom. The fraction of sp³-hybridized carbons (Fsp3) is 0.423. The Hall–Kier alpha value is -3.56. The predicted octanol–water partition coefficient (Wildman–Crippen LogP) is 2.48. The van der Waals surface area contributed by atoms with Crippen LogP contribution in [-0.2, 0) is 53.1 Å². The third kappa shape index (κ3) is 7.21. The summed E-state index contributed by atoms with van der Waals surface area (Å²) >= 11 is 2.31.